The zero-order chi connectivity index (χ0) is 13.9. The Labute approximate surface area is 117 Å². The first-order chi connectivity index (χ1) is 8.97. The monoisotopic (exact) mass is 286 g/mol. The third kappa shape index (κ3) is 4.29. The normalized spacial score (nSPS) is 29.8. The molecule has 2 rings (SSSR count). The van der Waals surface area contributed by atoms with E-state index in [9.17, 15) is 8.42 Å². The van der Waals surface area contributed by atoms with Crippen LogP contribution in [0.5, 0.6) is 0 Å². The number of rotatable bonds is 4. The van der Waals surface area contributed by atoms with Crippen molar-refractivity contribution >= 4 is 10.0 Å². The Kier molecular flexibility index (Phi) is 5.03. The lowest BCUT2D eigenvalue weighted by Gasteiger charge is -2.39. The van der Waals surface area contributed by atoms with Gasteiger partial charge in [0.15, 0.2) is 0 Å². The Hall–Kier alpha value is -0.390. The summed E-state index contributed by atoms with van der Waals surface area (Å²) < 4.78 is 24.5. The molecular formula is C14H26N2O2S. The molecule has 110 valence electrons. The molecule has 0 amide bonds. The van der Waals surface area contributed by atoms with E-state index in [0.717, 1.165) is 19.5 Å². The minimum Gasteiger partial charge on any atom is -0.297 e. The van der Waals surface area contributed by atoms with E-state index >= 15 is 0 Å². The third-order valence-electron chi connectivity index (χ3n) is 4.33. The van der Waals surface area contributed by atoms with Gasteiger partial charge in [-0.15, -0.1) is 0 Å². The summed E-state index contributed by atoms with van der Waals surface area (Å²) in [5.74, 6) is 0.476. The maximum absolute atomic E-state index is 11.5. The van der Waals surface area contributed by atoms with Crippen molar-refractivity contribution in [2.75, 3.05) is 32.9 Å². The van der Waals surface area contributed by atoms with Crippen LogP contribution in [0, 0.1) is 5.92 Å². The van der Waals surface area contributed by atoms with Crippen LogP contribution >= 0.6 is 0 Å². The van der Waals surface area contributed by atoms with E-state index in [1.54, 1.807) is 7.05 Å². The molecule has 0 aromatic rings. The van der Waals surface area contributed by atoms with E-state index in [1.165, 1.54) is 36.2 Å². The van der Waals surface area contributed by atoms with Crippen LogP contribution in [0.3, 0.4) is 0 Å². The summed E-state index contributed by atoms with van der Waals surface area (Å²) in [6.45, 7) is 2.86. The maximum Gasteiger partial charge on any atom is 0.210 e. The van der Waals surface area contributed by atoms with Crippen molar-refractivity contribution in [1.82, 2.24) is 9.21 Å². The molecule has 4 nitrogen and oxygen atoms in total. The standard InChI is InChI=1S/C14H26N2O2S/c1-15(19(2,17)18)11-13-7-6-10-16(12-13)14-8-4-3-5-9-14/h4,8,13-14H,3,5-7,9-12H2,1-2H3/t13-,14+/m0/s1. The van der Waals surface area contributed by atoms with Crippen molar-refractivity contribution in [2.24, 2.45) is 5.92 Å². The van der Waals surface area contributed by atoms with Gasteiger partial charge in [-0.25, -0.2) is 12.7 Å². The summed E-state index contributed by atoms with van der Waals surface area (Å²) in [7, 11) is -1.35. The highest BCUT2D eigenvalue weighted by Gasteiger charge is 2.27. The lowest BCUT2D eigenvalue weighted by molar-refractivity contribution is 0.127. The minimum atomic E-state index is -3.04. The van der Waals surface area contributed by atoms with Gasteiger partial charge < -0.3 is 0 Å². The van der Waals surface area contributed by atoms with Gasteiger partial charge in [-0.2, -0.15) is 0 Å². The van der Waals surface area contributed by atoms with Crippen molar-refractivity contribution in [1.29, 1.82) is 0 Å². The van der Waals surface area contributed by atoms with Crippen LogP contribution in [0.15, 0.2) is 12.2 Å². The van der Waals surface area contributed by atoms with Crippen LogP contribution in [0.2, 0.25) is 0 Å². The Morgan fingerprint density at radius 2 is 2.11 bits per heavy atom. The molecule has 0 radical (unpaired) electrons. The second-order valence-corrected chi connectivity index (χ2v) is 8.06. The van der Waals surface area contributed by atoms with Gasteiger partial charge in [-0.05, 0) is 44.6 Å². The number of hydrogen-bond acceptors (Lipinski definition) is 3. The van der Waals surface area contributed by atoms with Crippen LogP contribution < -0.4 is 0 Å². The van der Waals surface area contributed by atoms with Gasteiger partial charge in [0.05, 0.1) is 6.26 Å². The fourth-order valence-corrected chi connectivity index (χ4v) is 3.63. The van der Waals surface area contributed by atoms with E-state index in [4.69, 9.17) is 0 Å². The van der Waals surface area contributed by atoms with Gasteiger partial charge in [-0.1, -0.05) is 12.2 Å². The fraction of sp³-hybridized carbons (Fsp3) is 0.857. The molecule has 0 N–H and O–H groups in total. The summed E-state index contributed by atoms with van der Waals surface area (Å²) in [6, 6.07) is 0.583. The predicted molar refractivity (Wildman–Crippen MR) is 78.5 cm³/mol. The summed E-state index contributed by atoms with van der Waals surface area (Å²) in [5, 5.41) is 0. The average molecular weight is 286 g/mol. The number of likely N-dealkylation sites (tertiary alicyclic amines) is 1. The minimum absolute atomic E-state index is 0.476. The van der Waals surface area contributed by atoms with Crippen LogP contribution in [-0.2, 0) is 10.0 Å². The number of nitrogens with zero attached hydrogens (tertiary/aromatic N) is 2. The zero-order valence-electron chi connectivity index (χ0n) is 12.1. The molecule has 19 heavy (non-hydrogen) atoms. The largest absolute Gasteiger partial charge is 0.297 e. The molecule has 1 heterocycles. The van der Waals surface area contributed by atoms with Gasteiger partial charge in [0.2, 0.25) is 10.0 Å². The molecule has 0 unspecified atom stereocenters. The summed E-state index contributed by atoms with van der Waals surface area (Å²) in [4.78, 5) is 2.54. The molecule has 1 aliphatic heterocycles. The Morgan fingerprint density at radius 3 is 2.74 bits per heavy atom. The van der Waals surface area contributed by atoms with Gasteiger partial charge in [-0.3, -0.25) is 4.90 Å². The predicted octanol–water partition coefficient (Wildman–Crippen LogP) is 1.70. The molecule has 0 aromatic heterocycles. The van der Waals surface area contributed by atoms with Crippen LogP contribution in [0.25, 0.3) is 0 Å². The molecule has 1 saturated heterocycles. The highest BCUT2D eigenvalue weighted by atomic mass is 32.2. The van der Waals surface area contributed by atoms with Gasteiger partial charge in [0.1, 0.15) is 0 Å². The lowest BCUT2D eigenvalue weighted by Crippen LogP contribution is -2.45. The molecule has 0 aromatic carbocycles. The van der Waals surface area contributed by atoms with Crippen molar-refractivity contribution in [3.8, 4) is 0 Å². The molecule has 0 bridgehead atoms. The van der Waals surface area contributed by atoms with E-state index in [0.29, 0.717) is 18.5 Å². The van der Waals surface area contributed by atoms with Gasteiger partial charge in [0, 0.05) is 26.2 Å². The van der Waals surface area contributed by atoms with E-state index in [1.807, 2.05) is 0 Å². The summed E-state index contributed by atoms with van der Waals surface area (Å²) >= 11 is 0. The van der Waals surface area contributed by atoms with E-state index in [2.05, 4.69) is 17.1 Å². The Bertz CT molecular complexity index is 419. The maximum atomic E-state index is 11.5. The first-order valence-electron chi connectivity index (χ1n) is 7.29. The second kappa shape index (κ2) is 6.37. The molecule has 1 fully saturated rings. The number of piperidine rings is 1. The molecular weight excluding hydrogens is 260 g/mol. The van der Waals surface area contributed by atoms with E-state index in [-0.39, 0.29) is 0 Å². The lowest BCUT2D eigenvalue weighted by atomic mass is 9.93. The average Bonchev–Trinajstić information content (AvgIpc) is 2.39. The van der Waals surface area contributed by atoms with Crippen LogP contribution in [0.4, 0.5) is 0 Å². The SMILES string of the molecule is CN(C[C@@H]1CCCN([C@@H]2C=CCCC2)C1)S(C)(=O)=O. The Balaban J connectivity index is 1.90. The molecule has 0 spiro atoms. The molecule has 2 aliphatic rings. The van der Waals surface area contributed by atoms with Crippen molar-refractivity contribution < 1.29 is 8.42 Å². The highest BCUT2D eigenvalue weighted by molar-refractivity contribution is 7.88. The molecule has 5 heteroatoms. The molecule has 1 aliphatic carbocycles. The fourth-order valence-electron chi connectivity index (χ4n) is 3.15. The van der Waals surface area contributed by atoms with E-state index < -0.39 is 10.0 Å². The topological polar surface area (TPSA) is 40.6 Å². The summed E-state index contributed by atoms with van der Waals surface area (Å²) in [6.07, 6.45) is 12.0. The molecule has 0 saturated carbocycles. The number of hydrogen-bond donors (Lipinski definition) is 0. The molecule has 2 atom stereocenters. The highest BCUT2D eigenvalue weighted by Crippen LogP contribution is 2.24. The van der Waals surface area contributed by atoms with Crippen molar-refractivity contribution in [3.63, 3.8) is 0 Å². The number of allylic oxidation sites excluding steroid dienone is 1. The second-order valence-electron chi connectivity index (χ2n) is 5.97. The third-order valence-corrected chi connectivity index (χ3v) is 5.61. The number of sulfonamides is 1. The van der Waals surface area contributed by atoms with Crippen molar-refractivity contribution in [2.45, 2.75) is 38.1 Å². The first-order valence-corrected chi connectivity index (χ1v) is 9.13. The Morgan fingerprint density at radius 1 is 1.32 bits per heavy atom. The smallest absolute Gasteiger partial charge is 0.210 e. The van der Waals surface area contributed by atoms with Crippen LogP contribution in [-0.4, -0.2) is 56.6 Å². The summed E-state index contributed by atoms with van der Waals surface area (Å²) in [5.41, 5.74) is 0. The van der Waals surface area contributed by atoms with Crippen LogP contribution in [0.1, 0.15) is 32.1 Å². The van der Waals surface area contributed by atoms with Gasteiger partial charge >= 0.3 is 0 Å². The quantitative estimate of drug-likeness (QED) is 0.739. The zero-order valence-corrected chi connectivity index (χ0v) is 12.9. The first kappa shape index (κ1) is 15.0. The van der Waals surface area contributed by atoms with Gasteiger partial charge in [0.25, 0.3) is 0 Å². The van der Waals surface area contributed by atoms with Crippen molar-refractivity contribution in [3.05, 3.63) is 12.2 Å².